The van der Waals surface area contributed by atoms with Gasteiger partial charge >= 0.3 is 6.09 Å². The number of carbonyl (C=O) groups is 1. The van der Waals surface area contributed by atoms with Gasteiger partial charge in [0, 0.05) is 13.1 Å². The number of nitrogens with zero attached hydrogens (tertiary/aromatic N) is 2. The van der Waals surface area contributed by atoms with Gasteiger partial charge in [-0.25, -0.2) is 4.79 Å². The van der Waals surface area contributed by atoms with E-state index in [1.807, 2.05) is 34.6 Å². The van der Waals surface area contributed by atoms with Crippen molar-refractivity contribution in [1.82, 2.24) is 4.90 Å². The van der Waals surface area contributed by atoms with Gasteiger partial charge in [0.1, 0.15) is 5.60 Å². The number of hydrogen-bond donors (Lipinski definition) is 0. The lowest BCUT2D eigenvalue weighted by molar-refractivity contribution is 0.00679. The van der Waals surface area contributed by atoms with E-state index < -0.39 is 5.60 Å². The van der Waals surface area contributed by atoms with Crippen molar-refractivity contribution in [2.75, 3.05) is 13.1 Å². The third-order valence-corrected chi connectivity index (χ3v) is 3.04. The summed E-state index contributed by atoms with van der Waals surface area (Å²) in [7, 11) is 0. The van der Waals surface area contributed by atoms with Crippen LogP contribution < -0.4 is 0 Å². The molecule has 0 spiro atoms. The average molecular weight is 238 g/mol. The first-order valence-corrected chi connectivity index (χ1v) is 6.12. The van der Waals surface area contributed by atoms with Crippen LogP contribution in [0, 0.1) is 29.1 Å². The van der Waals surface area contributed by atoms with Gasteiger partial charge in [-0.15, -0.1) is 0 Å². The van der Waals surface area contributed by atoms with E-state index in [0.29, 0.717) is 13.1 Å². The monoisotopic (exact) mass is 238 g/mol. The van der Waals surface area contributed by atoms with Crippen LogP contribution in [0.2, 0.25) is 0 Å². The summed E-state index contributed by atoms with van der Waals surface area (Å²) in [5.74, 6) is 0.446. The molecule has 0 aromatic carbocycles. The molecule has 17 heavy (non-hydrogen) atoms. The highest BCUT2D eigenvalue weighted by Crippen LogP contribution is 2.28. The van der Waals surface area contributed by atoms with Crippen LogP contribution in [0.4, 0.5) is 4.79 Å². The van der Waals surface area contributed by atoms with Crippen molar-refractivity contribution in [3.05, 3.63) is 0 Å². The topological polar surface area (TPSA) is 53.3 Å². The van der Waals surface area contributed by atoms with E-state index >= 15 is 0 Å². The second kappa shape index (κ2) is 4.95. The molecule has 4 heteroatoms. The molecule has 0 aliphatic carbocycles. The normalized spacial score (nSPS) is 29.6. The molecule has 1 amide bonds. The smallest absolute Gasteiger partial charge is 0.410 e. The molecule has 0 N–H and O–H groups in total. The maximum atomic E-state index is 11.9. The maximum Gasteiger partial charge on any atom is 0.410 e. The zero-order valence-electron chi connectivity index (χ0n) is 11.4. The molecule has 1 saturated heterocycles. The largest absolute Gasteiger partial charge is 0.444 e. The summed E-state index contributed by atoms with van der Waals surface area (Å²) >= 11 is 0. The Morgan fingerprint density at radius 2 is 1.76 bits per heavy atom. The number of amides is 1. The van der Waals surface area contributed by atoms with Crippen LogP contribution in [0.3, 0.4) is 0 Å². The van der Waals surface area contributed by atoms with Crippen molar-refractivity contribution < 1.29 is 9.53 Å². The molecule has 0 saturated carbocycles. The van der Waals surface area contributed by atoms with Gasteiger partial charge in [-0.3, -0.25) is 0 Å². The molecule has 1 unspecified atom stereocenters. The number of nitriles is 1. The van der Waals surface area contributed by atoms with Crippen molar-refractivity contribution in [3.8, 4) is 6.07 Å². The predicted octanol–water partition coefficient (Wildman–Crippen LogP) is 2.65. The summed E-state index contributed by atoms with van der Waals surface area (Å²) in [5, 5.41) is 9.06. The van der Waals surface area contributed by atoms with Crippen LogP contribution in [0.25, 0.3) is 0 Å². The van der Waals surface area contributed by atoms with E-state index in [9.17, 15) is 4.79 Å². The Morgan fingerprint density at radius 3 is 2.12 bits per heavy atom. The van der Waals surface area contributed by atoms with Crippen LogP contribution in [0.5, 0.6) is 0 Å². The highest BCUT2D eigenvalue weighted by atomic mass is 16.6. The molecular formula is C13H22N2O2. The third kappa shape index (κ3) is 3.62. The molecule has 1 heterocycles. The molecule has 96 valence electrons. The molecule has 1 aliphatic heterocycles. The Hall–Kier alpha value is -1.24. The van der Waals surface area contributed by atoms with Crippen molar-refractivity contribution in [2.24, 2.45) is 17.8 Å². The molecule has 1 rings (SSSR count). The number of piperidine rings is 1. The quantitative estimate of drug-likeness (QED) is 0.652. The van der Waals surface area contributed by atoms with E-state index in [4.69, 9.17) is 10.00 Å². The molecule has 1 aliphatic rings. The fourth-order valence-corrected chi connectivity index (χ4v) is 2.29. The highest BCUT2D eigenvalue weighted by molar-refractivity contribution is 5.68. The van der Waals surface area contributed by atoms with Gasteiger partial charge in [-0.05, 0) is 32.6 Å². The standard InChI is InChI=1S/C13H22N2O2/c1-9-7-15(8-10(2)11(9)6-14)12(16)17-13(3,4)5/h9-11H,7-8H2,1-5H3/t9-,10+,11?. The lowest BCUT2D eigenvalue weighted by Crippen LogP contribution is -2.48. The van der Waals surface area contributed by atoms with Crippen LogP contribution in [-0.2, 0) is 4.74 Å². The van der Waals surface area contributed by atoms with E-state index in [0.717, 1.165) is 0 Å². The van der Waals surface area contributed by atoms with E-state index in [1.54, 1.807) is 4.90 Å². The van der Waals surface area contributed by atoms with Crippen molar-refractivity contribution in [3.63, 3.8) is 0 Å². The molecule has 3 atom stereocenters. The Morgan fingerprint density at radius 1 is 1.29 bits per heavy atom. The fraction of sp³-hybridized carbons (Fsp3) is 0.846. The summed E-state index contributed by atoms with van der Waals surface area (Å²) in [6, 6.07) is 2.33. The predicted molar refractivity (Wildman–Crippen MR) is 65.2 cm³/mol. The Labute approximate surface area is 104 Å². The van der Waals surface area contributed by atoms with Crippen molar-refractivity contribution >= 4 is 6.09 Å². The van der Waals surface area contributed by atoms with E-state index in [-0.39, 0.29) is 23.8 Å². The van der Waals surface area contributed by atoms with Gasteiger partial charge in [-0.1, -0.05) is 13.8 Å². The number of likely N-dealkylation sites (tertiary alicyclic amines) is 1. The summed E-state index contributed by atoms with van der Waals surface area (Å²) in [4.78, 5) is 13.6. The number of hydrogen-bond acceptors (Lipinski definition) is 3. The number of rotatable bonds is 0. The molecule has 0 aromatic heterocycles. The first kappa shape index (κ1) is 13.8. The molecule has 0 aromatic rings. The molecule has 4 nitrogen and oxygen atoms in total. The summed E-state index contributed by atoms with van der Waals surface area (Å²) in [6.07, 6.45) is -0.271. The zero-order valence-corrected chi connectivity index (χ0v) is 11.4. The Kier molecular flexibility index (Phi) is 4.03. The number of ether oxygens (including phenoxy) is 1. The Bertz CT molecular complexity index is 315. The van der Waals surface area contributed by atoms with Crippen molar-refractivity contribution in [2.45, 2.75) is 40.2 Å². The fourth-order valence-electron chi connectivity index (χ4n) is 2.29. The van der Waals surface area contributed by atoms with Crippen LogP contribution in [-0.4, -0.2) is 29.7 Å². The van der Waals surface area contributed by atoms with Crippen LogP contribution >= 0.6 is 0 Å². The van der Waals surface area contributed by atoms with Crippen LogP contribution in [0.1, 0.15) is 34.6 Å². The van der Waals surface area contributed by atoms with Crippen molar-refractivity contribution in [1.29, 1.82) is 5.26 Å². The van der Waals surface area contributed by atoms with Gasteiger partial charge in [0.25, 0.3) is 0 Å². The van der Waals surface area contributed by atoms with E-state index in [2.05, 4.69) is 6.07 Å². The molecular weight excluding hydrogens is 216 g/mol. The second-order valence-corrected chi connectivity index (χ2v) is 5.99. The van der Waals surface area contributed by atoms with Gasteiger partial charge in [0.05, 0.1) is 12.0 Å². The summed E-state index contributed by atoms with van der Waals surface area (Å²) in [5.41, 5.74) is -0.463. The highest BCUT2D eigenvalue weighted by Gasteiger charge is 2.35. The first-order valence-electron chi connectivity index (χ1n) is 6.12. The first-order chi connectivity index (χ1) is 7.74. The third-order valence-electron chi connectivity index (χ3n) is 3.04. The SMILES string of the molecule is C[C@@H]1CN(C(=O)OC(C)(C)C)C[C@H](C)C1C#N. The van der Waals surface area contributed by atoms with Gasteiger partial charge in [-0.2, -0.15) is 5.26 Å². The van der Waals surface area contributed by atoms with Gasteiger partial charge in [0.15, 0.2) is 0 Å². The maximum absolute atomic E-state index is 11.9. The van der Waals surface area contributed by atoms with Crippen LogP contribution in [0.15, 0.2) is 0 Å². The molecule has 0 radical (unpaired) electrons. The lowest BCUT2D eigenvalue weighted by atomic mass is 9.81. The van der Waals surface area contributed by atoms with Gasteiger partial charge in [0.2, 0.25) is 0 Å². The summed E-state index contributed by atoms with van der Waals surface area (Å²) < 4.78 is 5.35. The average Bonchev–Trinajstić information content (AvgIpc) is 2.14. The minimum Gasteiger partial charge on any atom is -0.444 e. The second-order valence-electron chi connectivity index (χ2n) is 5.99. The minimum absolute atomic E-state index is 0.0358. The lowest BCUT2D eigenvalue weighted by Gasteiger charge is -2.38. The molecule has 1 fully saturated rings. The number of carbonyl (C=O) groups excluding carboxylic acids is 1. The van der Waals surface area contributed by atoms with E-state index in [1.165, 1.54) is 0 Å². The van der Waals surface area contributed by atoms with Gasteiger partial charge < -0.3 is 9.64 Å². The summed E-state index contributed by atoms with van der Waals surface area (Å²) in [6.45, 7) is 10.8. The Balaban J connectivity index is 2.64. The minimum atomic E-state index is -0.463. The molecule has 0 bridgehead atoms. The zero-order chi connectivity index (χ0) is 13.2.